The van der Waals surface area contributed by atoms with E-state index in [0.29, 0.717) is 12.0 Å². The van der Waals surface area contributed by atoms with Crippen molar-refractivity contribution in [3.8, 4) is 0 Å². The van der Waals surface area contributed by atoms with Crippen LogP contribution < -0.4 is 0 Å². The molecule has 1 aliphatic carbocycles. The molecule has 0 fully saturated rings. The average Bonchev–Trinajstić information content (AvgIpc) is 2.01. The van der Waals surface area contributed by atoms with E-state index < -0.39 is 18.5 Å². The van der Waals surface area contributed by atoms with Crippen LogP contribution >= 0.6 is 0 Å². The summed E-state index contributed by atoms with van der Waals surface area (Å²) in [6, 6.07) is 0. The molecule has 0 N–H and O–H groups in total. The lowest BCUT2D eigenvalue weighted by atomic mass is 9.92. The molecule has 1 rings (SSSR count). The van der Waals surface area contributed by atoms with Gasteiger partial charge in [0.1, 0.15) is 6.17 Å². The minimum atomic E-state index is -1.95. The van der Waals surface area contributed by atoms with E-state index in [1.807, 2.05) is 6.92 Å². The third kappa shape index (κ3) is 2.02. The molecule has 0 aliphatic heterocycles. The smallest absolute Gasteiger partial charge is 0.166 e. The fraction of sp³-hybridized carbons (Fsp3) is 0.778. The molecule has 1 unspecified atom stereocenters. The van der Waals surface area contributed by atoms with Crippen molar-refractivity contribution in [1.82, 2.24) is 0 Å². The molecular formula is C9H13F3. The predicted molar refractivity (Wildman–Crippen MR) is 42.3 cm³/mol. The fourth-order valence-corrected chi connectivity index (χ4v) is 1.45. The highest BCUT2D eigenvalue weighted by Crippen LogP contribution is 2.28. The Morgan fingerprint density at radius 1 is 1.42 bits per heavy atom. The molecular weight excluding hydrogens is 165 g/mol. The molecule has 0 spiro atoms. The van der Waals surface area contributed by atoms with E-state index in [2.05, 4.69) is 0 Å². The van der Waals surface area contributed by atoms with Crippen molar-refractivity contribution in [1.29, 1.82) is 0 Å². The predicted octanol–water partition coefficient (Wildman–Crippen LogP) is 3.13. The maximum absolute atomic E-state index is 12.7. The van der Waals surface area contributed by atoms with Crippen molar-refractivity contribution in [3.05, 3.63) is 11.6 Å². The third-order valence-corrected chi connectivity index (χ3v) is 2.07. The Balaban J connectivity index is 2.61. The molecule has 0 bridgehead atoms. The Hall–Kier alpha value is -0.470. The van der Waals surface area contributed by atoms with Crippen molar-refractivity contribution < 1.29 is 13.2 Å². The molecule has 0 saturated heterocycles. The molecule has 3 atom stereocenters. The van der Waals surface area contributed by atoms with Crippen molar-refractivity contribution in [3.63, 3.8) is 0 Å². The van der Waals surface area contributed by atoms with Gasteiger partial charge in [-0.05, 0) is 12.5 Å². The van der Waals surface area contributed by atoms with Crippen molar-refractivity contribution in [2.75, 3.05) is 0 Å². The van der Waals surface area contributed by atoms with E-state index in [4.69, 9.17) is 0 Å². The van der Waals surface area contributed by atoms with E-state index >= 15 is 0 Å². The highest BCUT2D eigenvalue weighted by Gasteiger charge is 2.33. The lowest BCUT2D eigenvalue weighted by Crippen LogP contribution is -2.31. The summed E-state index contributed by atoms with van der Waals surface area (Å²) in [7, 11) is 0. The van der Waals surface area contributed by atoms with Crippen molar-refractivity contribution in [2.45, 2.75) is 44.7 Å². The number of alkyl halides is 3. The van der Waals surface area contributed by atoms with Gasteiger partial charge >= 0.3 is 0 Å². The van der Waals surface area contributed by atoms with Crippen LogP contribution in [0.5, 0.6) is 0 Å². The first-order chi connectivity index (χ1) is 5.65. The zero-order valence-corrected chi connectivity index (χ0v) is 7.06. The second-order valence-corrected chi connectivity index (χ2v) is 3.18. The van der Waals surface area contributed by atoms with Crippen molar-refractivity contribution in [2.24, 2.45) is 0 Å². The molecule has 0 aromatic heterocycles. The largest absolute Gasteiger partial charge is 0.244 e. The number of hydrogen-bond donors (Lipinski definition) is 0. The van der Waals surface area contributed by atoms with Crippen LogP contribution in [0.2, 0.25) is 0 Å². The zero-order valence-electron chi connectivity index (χ0n) is 7.06. The molecule has 70 valence electrons. The Morgan fingerprint density at radius 2 is 2.08 bits per heavy atom. The van der Waals surface area contributed by atoms with Crippen LogP contribution in [-0.2, 0) is 0 Å². The summed E-state index contributed by atoms with van der Waals surface area (Å²) in [5.74, 6) is 0. The van der Waals surface area contributed by atoms with Gasteiger partial charge in [0.25, 0.3) is 0 Å². The first-order valence-electron chi connectivity index (χ1n) is 4.27. The van der Waals surface area contributed by atoms with Gasteiger partial charge in [-0.3, -0.25) is 0 Å². The molecule has 0 amide bonds. The van der Waals surface area contributed by atoms with E-state index in [1.54, 1.807) is 0 Å². The van der Waals surface area contributed by atoms with Gasteiger partial charge in [0, 0.05) is 6.42 Å². The number of halogens is 3. The summed E-state index contributed by atoms with van der Waals surface area (Å²) in [4.78, 5) is 0. The summed E-state index contributed by atoms with van der Waals surface area (Å²) in [5, 5.41) is 0. The lowest BCUT2D eigenvalue weighted by molar-refractivity contribution is 0.0940. The van der Waals surface area contributed by atoms with Gasteiger partial charge in [0.2, 0.25) is 0 Å². The van der Waals surface area contributed by atoms with E-state index in [0.717, 1.165) is 6.42 Å². The Bertz CT molecular complexity index is 177. The first kappa shape index (κ1) is 9.62. The zero-order chi connectivity index (χ0) is 9.14. The van der Waals surface area contributed by atoms with E-state index in [9.17, 15) is 13.2 Å². The Kier molecular flexibility index (Phi) is 3.18. The van der Waals surface area contributed by atoms with Crippen LogP contribution in [0.25, 0.3) is 0 Å². The molecule has 0 radical (unpaired) electrons. The minimum Gasteiger partial charge on any atom is -0.244 e. The van der Waals surface area contributed by atoms with E-state index in [1.165, 1.54) is 6.08 Å². The summed E-state index contributed by atoms with van der Waals surface area (Å²) in [6.07, 6.45) is -2.53. The maximum Gasteiger partial charge on any atom is 0.166 e. The van der Waals surface area contributed by atoms with Crippen LogP contribution in [0.15, 0.2) is 11.6 Å². The molecule has 0 nitrogen and oxygen atoms in total. The van der Waals surface area contributed by atoms with Crippen LogP contribution in [-0.4, -0.2) is 18.5 Å². The van der Waals surface area contributed by atoms with Crippen LogP contribution in [0.1, 0.15) is 26.2 Å². The standard InChI is InChI=1S/C9H13F3/c1-2-3-6-4-7(10)9(12)8(11)5-6/h4,7-9H,2-3,5H2,1H3/t7-,8+,9?/m0/s1. The lowest BCUT2D eigenvalue weighted by Gasteiger charge is -2.22. The molecule has 3 heteroatoms. The normalized spacial score (nSPS) is 36.3. The number of hydrogen-bond acceptors (Lipinski definition) is 0. The highest BCUT2D eigenvalue weighted by molar-refractivity contribution is 5.14. The fourth-order valence-electron chi connectivity index (χ4n) is 1.45. The molecule has 1 aliphatic rings. The minimum absolute atomic E-state index is 0.0649. The highest BCUT2D eigenvalue weighted by atomic mass is 19.2. The van der Waals surface area contributed by atoms with Gasteiger partial charge in [0.15, 0.2) is 12.3 Å². The van der Waals surface area contributed by atoms with Crippen molar-refractivity contribution >= 4 is 0 Å². The second kappa shape index (κ2) is 3.97. The second-order valence-electron chi connectivity index (χ2n) is 3.18. The molecule has 0 heterocycles. The number of rotatable bonds is 2. The van der Waals surface area contributed by atoms with Gasteiger partial charge in [0.05, 0.1) is 0 Å². The Labute approximate surface area is 70.5 Å². The number of allylic oxidation sites excluding steroid dienone is 2. The quantitative estimate of drug-likeness (QED) is 0.570. The van der Waals surface area contributed by atoms with Crippen LogP contribution in [0, 0.1) is 0 Å². The van der Waals surface area contributed by atoms with Crippen LogP contribution in [0.4, 0.5) is 13.2 Å². The SMILES string of the molecule is CCCC1=C[C@H](F)C(F)[C@H](F)C1. The molecule has 0 aromatic rings. The van der Waals surface area contributed by atoms with Crippen LogP contribution in [0.3, 0.4) is 0 Å². The van der Waals surface area contributed by atoms with Gasteiger partial charge in [-0.1, -0.05) is 18.9 Å². The first-order valence-corrected chi connectivity index (χ1v) is 4.27. The summed E-state index contributed by atoms with van der Waals surface area (Å²) in [6.45, 7) is 1.93. The summed E-state index contributed by atoms with van der Waals surface area (Å²) >= 11 is 0. The van der Waals surface area contributed by atoms with Gasteiger partial charge < -0.3 is 0 Å². The van der Waals surface area contributed by atoms with E-state index in [-0.39, 0.29) is 6.42 Å². The third-order valence-electron chi connectivity index (χ3n) is 2.07. The Morgan fingerprint density at radius 3 is 2.58 bits per heavy atom. The molecule has 0 saturated carbocycles. The monoisotopic (exact) mass is 178 g/mol. The average molecular weight is 178 g/mol. The van der Waals surface area contributed by atoms with Gasteiger partial charge in [-0.2, -0.15) is 0 Å². The summed E-state index contributed by atoms with van der Waals surface area (Å²) in [5.41, 5.74) is 0.714. The summed E-state index contributed by atoms with van der Waals surface area (Å²) < 4.78 is 38.0. The maximum atomic E-state index is 12.7. The molecule has 12 heavy (non-hydrogen) atoms. The van der Waals surface area contributed by atoms with Gasteiger partial charge in [-0.15, -0.1) is 0 Å². The van der Waals surface area contributed by atoms with Gasteiger partial charge in [-0.25, -0.2) is 13.2 Å². The topological polar surface area (TPSA) is 0 Å². The molecule has 0 aromatic carbocycles.